The third-order valence-electron chi connectivity index (χ3n) is 3.14. The average Bonchev–Trinajstić information content (AvgIpc) is 3.06. The average molecular weight is 308 g/mol. The Hall–Kier alpha value is -1.66. The second-order valence-electron chi connectivity index (χ2n) is 5.16. The minimum Gasteiger partial charge on any atom is -0.367 e. The molecule has 0 amide bonds. The number of aromatic amines is 1. The van der Waals surface area contributed by atoms with Gasteiger partial charge in [-0.2, -0.15) is 9.97 Å². The minimum atomic E-state index is 0.0118. The van der Waals surface area contributed by atoms with Crippen LogP contribution < -0.4 is 5.32 Å². The lowest BCUT2D eigenvalue weighted by Crippen LogP contribution is -2.27. The second-order valence-corrected chi connectivity index (χ2v) is 6.44. The molecule has 0 aromatic carbocycles. The number of fused-ring (bicyclic) bond motifs is 1. The Morgan fingerprint density at radius 3 is 3.00 bits per heavy atom. The number of imidazole rings is 1. The summed E-state index contributed by atoms with van der Waals surface area (Å²) in [4.78, 5) is 16.8. The fourth-order valence-electron chi connectivity index (χ4n) is 1.99. The zero-order valence-corrected chi connectivity index (χ0v) is 12.7. The van der Waals surface area contributed by atoms with Gasteiger partial charge in [0.05, 0.1) is 6.33 Å². The van der Waals surface area contributed by atoms with E-state index in [9.17, 15) is 0 Å². The molecule has 0 spiro atoms. The first kappa shape index (κ1) is 13.3. The molecule has 20 heavy (non-hydrogen) atoms. The van der Waals surface area contributed by atoms with Crippen molar-refractivity contribution in [2.24, 2.45) is 0 Å². The van der Waals surface area contributed by atoms with E-state index in [1.54, 1.807) is 17.7 Å². The van der Waals surface area contributed by atoms with E-state index in [0.29, 0.717) is 11.5 Å². The third kappa shape index (κ3) is 2.48. The number of thiophene rings is 1. The Morgan fingerprint density at radius 2 is 2.25 bits per heavy atom. The Bertz CT molecular complexity index is 720. The van der Waals surface area contributed by atoms with Crippen LogP contribution in [0.4, 0.5) is 5.82 Å². The van der Waals surface area contributed by atoms with Crippen LogP contribution in [0.3, 0.4) is 0 Å². The van der Waals surface area contributed by atoms with Gasteiger partial charge in [-0.3, -0.25) is 0 Å². The second kappa shape index (κ2) is 5.03. The lowest BCUT2D eigenvalue weighted by molar-refractivity contribution is 0.568. The number of aromatic nitrogens is 4. The van der Waals surface area contributed by atoms with Crippen molar-refractivity contribution >= 4 is 39.9 Å². The maximum Gasteiger partial charge on any atom is 0.226 e. The van der Waals surface area contributed by atoms with E-state index >= 15 is 0 Å². The summed E-state index contributed by atoms with van der Waals surface area (Å²) < 4.78 is 0. The first-order chi connectivity index (χ1) is 9.56. The zero-order valence-electron chi connectivity index (χ0n) is 11.1. The van der Waals surface area contributed by atoms with Crippen LogP contribution in [0.2, 0.25) is 5.28 Å². The monoisotopic (exact) mass is 307 g/mol. The molecule has 0 radical (unpaired) electrons. The summed E-state index contributed by atoms with van der Waals surface area (Å²) in [6, 6.07) is 4.21. The summed E-state index contributed by atoms with van der Waals surface area (Å²) in [5.74, 6) is 0.683. The van der Waals surface area contributed by atoms with Crippen LogP contribution in [0.15, 0.2) is 23.8 Å². The number of nitrogens with one attached hydrogen (secondary N) is 2. The maximum absolute atomic E-state index is 5.92. The van der Waals surface area contributed by atoms with Crippen molar-refractivity contribution in [1.82, 2.24) is 19.9 Å². The van der Waals surface area contributed by atoms with Crippen LogP contribution in [-0.2, 0) is 5.41 Å². The van der Waals surface area contributed by atoms with E-state index in [1.165, 1.54) is 4.88 Å². The molecule has 0 saturated carbocycles. The van der Waals surface area contributed by atoms with Crippen LogP contribution in [0.5, 0.6) is 0 Å². The lowest BCUT2D eigenvalue weighted by Gasteiger charge is -2.24. The zero-order chi connectivity index (χ0) is 14.2. The van der Waals surface area contributed by atoms with Gasteiger partial charge in [-0.1, -0.05) is 19.9 Å². The number of anilines is 1. The molecular formula is C13H14ClN5S. The Labute approximate surface area is 125 Å². The first-order valence-electron chi connectivity index (χ1n) is 6.21. The van der Waals surface area contributed by atoms with Gasteiger partial charge in [-0.25, -0.2) is 4.98 Å². The third-order valence-corrected chi connectivity index (χ3v) is 4.55. The van der Waals surface area contributed by atoms with Crippen LogP contribution in [0.25, 0.3) is 11.2 Å². The topological polar surface area (TPSA) is 66.5 Å². The molecule has 3 rings (SSSR count). The number of hydrogen-bond acceptors (Lipinski definition) is 5. The Kier molecular flexibility index (Phi) is 3.35. The quantitative estimate of drug-likeness (QED) is 0.724. The molecule has 7 heteroatoms. The fourth-order valence-corrected chi connectivity index (χ4v) is 3.01. The van der Waals surface area contributed by atoms with Gasteiger partial charge in [0, 0.05) is 16.8 Å². The van der Waals surface area contributed by atoms with Gasteiger partial charge in [0.1, 0.15) is 5.52 Å². The van der Waals surface area contributed by atoms with Gasteiger partial charge >= 0.3 is 0 Å². The van der Waals surface area contributed by atoms with Gasteiger partial charge in [-0.05, 0) is 23.0 Å². The molecule has 0 unspecified atom stereocenters. The highest BCUT2D eigenvalue weighted by Gasteiger charge is 2.22. The molecule has 0 aliphatic heterocycles. The highest BCUT2D eigenvalue weighted by molar-refractivity contribution is 7.10. The van der Waals surface area contributed by atoms with Crippen LogP contribution in [0.1, 0.15) is 18.7 Å². The highest BCUT2D eigenvalue weighted by Crippen LogP contribution is 2.28. The van der Waals surface area contributed by atoms with Gasteiger partial charge in [0.2, 0.25) is 5.28 Å². The minimum absolute atomic E-state index is 0.0118. The lowest BCUT2D eigenvalue weighted by atomic mass is 9.91. The van der Waals surface area contributed by atoms with E-state index in [4.69, 9.17) is 11.6 Å². The van der Waals surface area contributed by atoms with E-state index in [-0.39, 0.29) is 10.7 Å². The first-order valence-corrected chi connectivity index (χ1v) is 7.46. The molecule has 0 fully saturated rings. The predicted octanol–water partition coefficient (Wildman–Crippen LogP) is 3.46. The molecule has 0 atom stereocenters. The summed E-state index contributed by atoms with van der Waals surface area (Å²) in [7, 11) is 0. The van der Waals surface area contributed by atoms with E-state index in [2.05, 4.69) is 56.6 Å². The summed E-state index contributed by atoms with van der Waals surface area (Å²) >= 11 is 7.67. The maximum atomic E-state index is 5.92. The molecule has 0 aliphatic rings. The molecular weight excluding hydrogens is 294 g/mol. The van der Waals surface area contributed by atoms with Gasteiger partial charge in [-0.15, -0.1) is 11.3 Å². The van der Waals surface area contributed by atoms with Gasteiger partial charge in [0.15, 0.2) is 11.5 Å². The predicted molar refractivity (Wildman–Crippen MR) is 82.5 cm³/mol. The normalized spacial score (nSPS) is 11.9. The molecule has 0 bridgehead atoms. The van der Waals surface area contributed by atoms with Crippen molar-refractivity contribution in [1.29, 1.82) is 0 Å². The standard InChI is InChI=1S/C13H14ClN5S/c1-13(2,8-4-3-5-20-8)6-15-10-9-11(17-7-16-9)19-12(14)18-10/h3-5,7H,6H2,1-2H3,(H2,15,16,17,18,19). The summed E-state index contributed by atoms with van der Waals surface area (Å²) in [5, 5.41) is 5.63. The number of nitrogens with zero attached hydrogens (tertiary/aromatic N) is 3. The van der Waals surface area contributed by atoms with Crippen molar-refractivity contribution in [3.63, 3.8) is 0 Å². The van der Waals surface area contributed by atoms with Gasteiger partial charge < -0.3 is 10.3 Å². The van der Waals surface area contributed by atoms with E-state index < -0.39 is 0 Å². The van der Waals surface area contributed by atoms with Gasteiger partial charge in [0.25, 0.3) is 0 Å². The van der Waals surface area contributed by atoms with Crippen LogP contribution in [0, 0.1) is 0 Å². The van der Waals surface area contributed by atoms with Crippen molar-refractivity contribution in [2.45, 2.75) is 19.3 Å². The van der Waals surface area contributed by atoms with E-state index in [1.807, 2.05) is 0 Å². The fraction of sp³-hybridized carbons (Fsp3) is 0.308. The molecule has 0 aliphatic carbocycles. The number of H-pyrrole nitrogens is 1. The number of hydrogen-bond donors (Lipinski definition) is 2. The van der Waals surface area contributed by atoms with Crippen molar-refractivity contribution < 1.29 is 0 Å². The molecule has 5 nitrogen and oxygen atoms in total. The Morgan fingerprint density at radius 1 is 1.40 bits per heavy atom. The van der Waals surface area contributed by atoms with Crippen molar-refractivity contribution in [3.05, 3.63) is 34.0 Å². The molecule has 3 aromatic heterocycles. The smallest absolute Gasteiger partial charge is 0.226 e. The van der Waals surface area contributed by atoms with Crippen LogP contribution in [-0.4, -0.2) is 26.5 Å². The summed E-state index contributed by atoms with van der Waals surface area (Å²) in [6.07, 6.45) is 1.59. The molecule has 3 heterocycles. The van der Waals surface area contributed by atoms with Crippen molar-refractivity contribution in [2.75, 3.05) is 11.9 Å². The Balaban J connectivity index is 1.85. The number of halogens is 1. The molecule has 0 saturated heterocycles. The van der Waals surface area contributed by atoms with E-state index in [0.717, 1.165) is 12.1 Å². The molecule has 104 valence electrons. The highest BCUT2D eigenvalue weighted by atomic mass is 35.5. The number of rotatable bonds is 4. The SMILES string of the molecule is CC(C)(CNc1nc(Cl)nc2nc[nH]c12)c1cccs1. The summed E-state index contributed by atoms with van der Waals surface area (Å²) in [5.41, 5.74) is 1.36. The van der Waals surface area contributed by atoms with Crippen molar-refractivity contribution in [3.8, 4) is 0 Å². The molecule has 2 N–H and O–H groups in total. The molecule has 3 aromatic rings. The summed E-state index contributed by atoms with van der Waals surface area (Å²) in [6.45, 7) is 5.13. The largest absolute Gasteiger partial charge is 0.367 e. The van der Waals surface area contributed by atoms with Crippen LogP contribution >= 0.6 is 22.9 Å².